The zero-order valence-corrected chi connectivity index (χ0v) is 19.4. The molecule has 0 aromatic heterocycles. The Morgan fingerprint density at radius 2 is 1.90 bits per heavy atom. The van der Waals surface area contributed by atoms with E-state index in [0.29, 0.717) is 48.3 Å². The van der Waals surface area contributed by atoms with Crippen LogP contribution in [0.4, 0.5) is 0 Å². The first kappa shape index (κ1) is 22.7. The van der Waals surface area contributed by atoms with Gasteiger partial charge in [-0.15, -0.1) is 0 Å². The predicted octanol–water partition coefficient (Wildman–Crippen LogP) is 5.69. The first-order valence-electron chi connectivity index (χ1n) is 12.4. The number of carbonyl (C=O) groups is 1. The molecule has 0 spiro atoms. The second kappa shape index (κ2) is 8.83. The van der Waals surface area contributed by atoms with Crippen LogP contribution in [0.15, 0.2) is 47.6 Å². The average molecular weight is 425 g/mol. The van der Waals surface area contributed by atoms with Gasteiger partial charge in [-0.3, -0.25) is 4.79 Å². The average Bonchev–Trinajstić information content (AvgIpc) is 3.23. The largest absolute Gasteiger partial charge is 0.393 e. The van der Waals surface area contributed by atoms with Gasteiger partial charge < -0.3 is 10.2 Å². The molecule has 31 heavy (non-hydrogen) atoms. The Labute approximate surface area is 188 Å². The van der Waals surface area contributed by atoms with Crippen LogP contribution in [-0.2, 0) is 4.79 Å². The van der Waals surface area contributed by atoms with Crippen LogP contribution in [0.2, 0.25) is 0 Å². The maximum absolute atomic E-state index is 11.9. The van der Waals surface area contributed by atoms with Gasteiger partial charge in [-0.05, 0) is 97.2 Å². The number of hydrogen-bond acceptors (Lipinski definition) is 3. The molecular formula is C28H40O3. The quantitative estimate of drug-likeness (QED) is 0.570. The van der Waals surface area contributed by atoms with E-state index in [1.54, 1.807) is 5.57 Å². The number of carbonyl (C=O) groups excluding carboxylic acids is 1. The fraction of sp³-hybridized carbons (Fsp3) is 0.679. The summed E-state index contributed by atoms with van der Waals surface area (Å²) in [6, 6.07) is 0. The van der Waals surface area contributed by atoms with Crippen LogP contribution in [0, 0.1) is 29.1 Å². The molecule has 0 aromatic rings. The molecule has 0 amide bonds. The van der Waals surface area contributed by atoms with Crippen LogP contribution in [0.25, 0.3) is 0 Å². The van der Waals surface area contributed by atoms with Crippen LogP contribution in [0.5, 0.6) is 0 Å². The minimum absolute atomic E-state index is 0.281. The number of Topliss-reactive ketones (excluding diaryl/α,β-unsaturated/α-hetero) is 1. The summed E-state index contributed by atoms with van der Waals surface area (Å²) < 4.78 is 0. The SMILES string of the molecule is C=C1C(=O)CCC1C[C@@H](C)[C@H]1CCC2/C(=C/C=C3/C[C@@H](O)C[C@H](O)C3=C)CCC[C@@]21C. The molecule has 3 heteroatoms. The van der Waals surface area contributed by atoms with Crippen molar-refractivity contribution in [3.63, 3.8) is 0 Å². The Hall–Kier alpha value is -1.45. The second-order valence-electron chi connectivity index (χ2n) is 11.1. The molecule has 4 rings (SSSR count). The lowest BCUT2D eigenvalue weighted by atomic mass is 9.60. The molecule has 4 fully saturated rings. The molecule has 4 aliphatic carbocycles. The van der Waals surface area contributed by atoms with Crippen LogP contribution in [-0.4, -0.2) is 28.2 Å². The van der Waals surface area contributed by atoms with Crippen molar-refractivity contribution in [1.82, 2.24) is 0 Å². The topological polar surface area (TPSA) is 57.5 Å². The maximum Gasteiger partial charge on any atom is 0.158 e. The van der Waals surface area contributed by atoms with Gasteiger partial charge in [0.2, 0.25) is 0 Å². The zero-order valence-electron chi connectivity index (χ0n) is 19.4. The molecule has 4 aliphatic rings. The second-order valence-corrected chi connectivity index (χ2v) is 11.1. The first-order valence-corrected chi connectivity index (χ1v) is 12.4. The fourth-order valence-electron chi connectivity index (χ4n) is 7.42. The van der Waals surface area contributed by atoms with Gasteiger partial charge in [-0.25, -0.2) is 0 Å². The summed E-state index contributed by atoms with van der Waals surface area (Å²) in [7, 11) is 0. The van der Waals surface area contributed by atoms with E-state index in [2.05, 4.69) is 39.2 Å². The number of hydrogen-bond donors (Lipinski definition) is 2. The van der Waals surface area contributed by atoms with E-state index in [-0.39, 0.29) is 5.78 Å². The molecule has 0 aromatic carbocycles. The van der Waals surface area contributed by atoms with E-state index in [1.807, 2.05) is 0 Å². The van der Waals surface area contributed by atoms with Gasteiger partial charge in [0.25, 0.3) is 0 Å². The van der Waals surface area contributed by atoms with Crippen molar-refractivity contribution < 1.29 is 15.0 Å². The van der Waals surface area contributed by atoms with Gasteiger partial charge in [-0.1, -0.05) is 44.7 Å². The summed E-state index contributed by atoms with van der Waals surface area (Å²) in [6.45, 7) is 13.1. The van der Waals surface area contributed by atoms with Crippen molar-refractivity contribution in [3.8, 4) is 0 Å². The Morgan fingerprint density at radius 1 is 1.13 bits per heavy atom. The van der Waals surface area contributed by atoms with E-state index in [4.69, 9.17) is 0 Å². The van der Waals surface area contributed by atoms with Crippen molar-refractivity contribution in [2.75, 3.05) is 0 Å². The van der Waals surface area contributed by atoms with E-state index in [1.165, 1.54) is 25.7 Å². The highest BCUT2D eigenvalue weighted by atomic mass is 16.3. The fourth-order valence-corrected chi connectivity index (χ4v) is 7.42. The van der Waals surface area contributed by atoms with Crippen molar-refractivity contribution in [2.45, 2.75) is 90.3 Å². The first-order chi connectivity index (χ1) is 14.7. The highest BCUT2D eigenvalue weighted by Gasteiger charge is 2.51. The van der Waals surface area contributed by atoms with Crippen LogP contribution < -0.4 is 0 Å². The molecule has 0 radical (unpaired) electrons. The molecule has 0 heterocycles. The molecule has 4 saturated carbocycles. The third-order valence-corrected chi connectivity index (χ3v) is 9.22. The van der Waals surface area contributed by atoms with Gasteiger partial charge in [0.1, 0.15) is 0 Å². The number of rotatable bonds is 4. The van der Waals surface area contributed by atoms with Gasteiger partial charge in [0.15, 0.2) is 5.78 Å². The molecule has 3 nitrogen and oxygen atoms in total. The van der Waals surface area contributed by atoms with Gasteiger partial charge in [0, 0.05) is 12.8 Å². The van der Waals surface area contributed by atoms with E-state index in [9.17, 15) is 15.0 Å². The third-order valence-electron chi connectivity index (χ3n) is 9.22. The van der Waals surface area contributed by atoms with Gasteiger partial charge >= 0.3 is 0 Å². The van der Waals surface area contributed by atoms with Crippen molar-refractivity contribution in [3.05, 3.63) is 47.6 Å². The molecule has 2 unspecified atom stereocenters. The number of aliphatic hydroxyl groups excluding tert-OH is 2. The van der Waals surface area contributed by atoms with Gasteiger partial charge in [0.05, 0.1) is 12.2 Å². The van der Waals surface area contributed by atoms with Gasteiger partial charge in [-0.2, -0.15) is 0 Å². The summed E-state index contributed by atoms with van der Waals surface area (Å²) in [5, 5.41) is 20.2. The third kappa shape index (κ3) is 4.28. The van der Waals surface area contributed by atoms with E-state index < -0.39 is 12.2 Å². The van der Waals surface area contributed by atoms with Crippen molar-refractivity contribution >= 4 is 5.78 Å². The summed E-state index contributed by atoms with van der Waals surface area (Å²) in [6.07, 6.45) is 13.3. The molecule has 7 atom stereocenters. The van der Waals surface area contributed by atoms with Crippen LogP contribution >= 0.6 is 0 Å². The summed E-state index contributed by atoms with van der Waals surface area (Å²) in [5.41, 5.74) is 4.51. The van der Waals surface area contributed by atoms with E-state index in [0.717, 1.165) is 36.0 Å². The summed E-state index contributed by atoms with van der Waals surface area (Å²) >= 11 is 0. The molecule has 2 N–H and O–H groups in total. The zero-order chi connectivity index (χ0) is 22.3. The summed E-state index contributed by atoms with van der Waals surface area (Å²) in [5.74, 6) is 2.60. The highest BCUT2D eigenvalue weighted by Crippen LogP contribution is 2.60. The van der Waals surface area contributed by atoms with Crippen molar-refractivity contribution in [2.24, 2.45) is 29.1 Å². The molecule has 0 saturated heterocycles. The van der Waals surface area contributed by atoms with Crippen LogP contribution in [0.3, 0.4) is 0 Å². The van der Waals surface area contributed by atoms with Crippen LogP contribution in [0.1, 0.15) is 78.1 Å². The highest BCUT2D eigenvalue weighted by molar-refractivity contribution is 5.97. The molecular weight excluding hydrogens is 384 g/mol. The normalized spacial score (nSPS) is 42.5. The molecule has 0 aliphatic heterocycles. The predicted molar refractivity (Wildman–Crippen MR) is 125 cm³/mol. The number of allylic oxidation sites excluding steroid dienone is 4. The van der Waals surface area contributed by atoms with E-state index >= 15 is 0 Å². The monoisotopic (exact) mass is 424 g/mol. The standard InChI is InChI=1S/C28H40O3/c1-17(14-21-9-12-26(30)18(21)2)24-10-11-25-20(6-5-13-28(24,25)4)7-8-22-15-23(29)16-27(31)19(22)3/h7-8,17,21,23-25,27,29,31H,2-3,5-6,9-16H2,1,4H3/b20-7+,22-8-/t17-,21?,23-,24-,25?,27+,28-/m1/s1. The number of aliphatic hydroxyl groups is 2. The lowest BCUT2D eigenvalue weighted by Gasteiger charge is -2.44. The Morgan fingerprint density at radius 3 is 2.61 bits per heavy atom. The minimum Gasteiger partial charge on any atom is -0.393 e. The van der Waals surface area contributed by atoms with Crippen molar-refractivity contribution in [1.29, 1.82) is 0 Å². The summed E-state index contributed by atoms with van der Waals surface area (Å²) in [4.78, 5) is 11.9. The Bertz CT molecular complexity index is 818. The Kier molecular flexibility index (Phi) is 6.47. The maximum atomic E-state index is 11.9. The number of fused-ring (bicyclic) bond motifs is 1. The minimum atomic E-state index is -0.626. The molecule has 0 bridgehead atoms. The lowest BCUT2D eigenvalue weighted by Crippen LogP contribution is -2.36. The number of ketones is 1. The molecule has 170 valence electrons. The lowest BCUT2D eigenvalue weighted by molar-refractivity contribution is -0.114. The Balaban J connectivity index is 1.49. The smallest absolute Gasteiger partial charge is 0.158 e.